The third-order valence-corrected chi connectivity index (χ3v) is 4.46. The first-order valence-corrected chi connectivity index (χ1v) is 8.45. The average Bonchev–Trinajstić information content (AvgIpc) is 2.56. The third kappa shape index (κ3) is 4.94. The molecular formula is C18H20Cl2N2O2. The minimum absolute atomic E-state index is 0.0356. The number of pyridine rings is 1. The van der Waals surface area contributed by atoms with Crippen molar-refractivity contribution in [3.05, 3.63) is 63.9 Å². The minimum atomic E-state index is -0.779. The molecule has 0 fully saturated rings. The molecule has 0 bridgehead atoms. The van der Waals surface area contributed by atoms with Crippen molar-refractivity contribution >= 4 is 29.1 Å². The van der Waals surface area contributed by atoms with Gasteiger partial charge in [0.1, 0.15) is 0 Å². The molecule has 0 aliphatic heterocycles. The van der Waals surface area contributed by atoms with Gasteiger partial charge in [-0.2, -0.15) is 0 Å². The molecule has 2 aromatic rings. The number of hydrogen-bond acceptors (Lipinski definition) is 3. The number of amides is 1. The number of aliphatic hydroxyl groups excluding tert-OH is 1. The topological polar surface area (TPSA) is 53.4 Å². The van der Waals surface area contributed by atoms with E-state index in [0.29, 0.717) is 15.6 Å². The van der Waals surface area contributed by atoms with Gasteiger partial charge in [-0.1, -0.05) is 35.3 Å². The van der Waals surface area contributed by atoms with Gasteiger partial charge in [0.2, 0.25) is 5.91 Å². The number of hydrogen-bond donors (Lipinski definition) is 1. The fraction of sp³-hybridized carbons (Fsp3) is 0.333. The molecule has 0 spiro atoms. The van der Waals surface area contributed by atoms with Crippen LogP contribution in [0.15, 0.2) is 42.7 Å². The lowest BCUT2D eigenvalue weighted by molar-refractivity contribution is -0.133. The Labute approximate surface area is 152 Å². The molecule has 1 aromatic heterocycles. The van der Waals surface area contributed by atoms with Crippen molar-refractivity contribution in [1.82, 2.24) is 9.88 Å². The van der Waals surface area contributed by atoms with Crippen LogP contribution in [-0.4, -0.2) is 33.5 Å². The zero-order chi connectivity index (χ0) is 17.7. The summed E-state index contributed by atoms with van der Waals surface area (Å²) in [5, 5.41) is 11.2. The van der Waals surface area contributed by atoms with Crippen LogP contribution in [0.25, 0.3) is 0 Å². The Kier molecular flexibility index (Phi) is 6.60. The molecule has 2 rings (SSSR count). The van der Waals surface area contributed by atoms with E-state index in [4.69, 9.17) is 23.2 Å². The quantitative estimate of drug-likeness (QED) is 0.843. The van der Waals surface area contributed by atoms with Gasteiger partial charge in [-0.25, -0.2) is 0 Å². The van der Waals surface area contributed by atoms with Gasteiger partial charge in [0, 0.05) is 24.0 Å². The second kappa shape index (κ2) is 8.47. The Morgan fingerprint density at radius 1 is 1.25 bits per heavy atom. The van der Waals surface area contributed by atoms with Crippen LogP contribution in [0.1, 0.15) is 31.1 Å². The van der Waals surface area contributed by atoms with Gasteiger partial charge in [0.15, 0.2) is 0 Å². The predicted octanol–water partition coefficient (Wildman–Crippen LogP) is 3.90. The number of rotatable bonds is 6. The number of halogens is 2. The molecule has 1 unspecified atom stereocenters. The predicted molar refractivity (Wildman–Crippen MR) is 96.2 cm³/mol. The van der Waals surface area contributed by atoms with E-state index in [2.05, 4.69) is 4.98 Å². The third-order valence-electron chi connectivity index (χ3n) is 3.72. The van der Waals surface area contributed by atoms with E-state index in [9.17, 15) is 9.90 Å². The van der Waals surface area contributed by atoms with E-state index in [0.717, 1.165) is 5.56 Å². The summed E-state index contributed by atoms with van der Waals surface area (Å²) in [7, 11) is 0. The van der Waals surface area contributed by atoms with E-state index >= 15 is 0 Å². The number of aromatic nitrogens is 1. The molecule has 6 heteroatoms. The maximum atomic E-state index is 12.6. The second-order valence-corrected chi connectivity index (χ2v) is 6.68. The molecule has 1 atom stereocenters. The van der Waals surface area contributed by atoms with Crippen LogP contribution in [0.2, 0.25) is 10.0 Å². The molecule has 1 heterocycles. The Morgan fingerprint density at radius 2 is 2.00 bits per heavy atom. The standard InChI is InChI=1S/C18H20Cl2N2O2/c1-12(2)22(11-17(23)14-4-3-7-21-10-14)18(24)9-13-5-6-15(19)16(20)8-13/h3-8,10,12,17,23H,9,11H2,1-2H3. The summed E-state index contributed by atoms with van der Waals surface area (Å²) in [4.78, 5) is 18.3. The molecule has 1 amide bonds. The smallest absolute Gasteiger partial charge is 0.227 e. The summed E-state index contributed by atoms with van der Waals surface area (Å²) in [5.74, 6) is -0.0775. The number of carbonyl (C=O) groups is 1. The van der Waals surface area contributed by atoms with E-state index in [1.54, 1.807) is 47.6 Å². The van der Waals surface area contributed by atoms with Crippen molar-refractivity contribution in [2.45, 2.75) is 32.4 Å². The molecule has 0 radical (unpaired) electrons. The normalized spacial score (nSPS) is 12.2. The largest absolute Gasteiger partial charge is 0.386 e. The van der Waals surface area contributed by atoms with Crippen LogP contribution in [0, 0.1) is 0 Å². The maximum Gasteiger partial charge on any atom is 0.227 e. The first-order chi connectivity index (χ1) is 11.4. The molecule has 4 nitrogen and oxygen atoms in total. The molecule has 0 aliphatic carbocycles. The van der Waals surface area contributed by atoms with Crippen LogP contribution < -0.4 is 0 Å². The lowest BCUT2D eigenvalue weighted by Gasteiger charge is -2.29. The van der Waals surface area contributed by atoms with E-state index in [1.165, 1.54) is 0 Å². The fourth-order valence-corrected chi connectivity index (χ4v) is 2.71. The Balaban J connectivity index is 2.09. The van der Waals surface area contributed by atoms with Gasteiger partial charge in [-0.05, 0) is 37.6 Å². The van der Waals surface area contributed by atoms with E-state index < -0.39 is 6.10 Å². The summed E-state index contributed by atoms with van der Waals surface area (Å²) in [6.07, 6.45) is 2.67. The van der Waals surface area contributed by atoms with E-state index in [-0.39, 0.29) is 24.9 Å². The first-order valence-electron chi connectivity index (χ1n) is 7.70. The number of carbonyl (C=O) groups excluding carboxylic acids is 1. The van der Waals surface area contributed by atoms with Gasteiger partial charge in [0.05, 0.1) is 29.1 Å². The highest BCUT2D eigenvalue weighted by Gasteiger charge is 2.21. The molecule has 1 aromatic carbocycles. The Bertz CT molecular complexity index is 693. The van der Waals surface area contributed by atoms with Gasteiger partial charge in [-0.15, -0.1) is 0 Å². The van der Waals surface area contributed by atoms with Gasteiger partial charge in [-0.3, -0.25) is 9.78 Å². The summed E-state index contributed by atoms with van der Waals surface area (Å²) in [5.41, 5.74) is 1.47. The lowest BCUT2D eigenvalue weighted by atomic mass is 10.1. The molecule has 24 heavy (non-hydrogen) atoms. The Hall–Kier alpha value is -1.62. The zero-order valence-electron chi connectivity index (χ0n) is 13.6. The minimum Gasteiger partial charge on any atom is -0.386 e. The van der Waals surface area contributed by atoms with Crippen LogP contribution in [-0.2, 0) is 11.2 Å². The van der Waals surface area contributed by atoms with Gasteiger partial charge < -0.3 is 10.0 Å². The summed E-state index contributed by atoms with van der Waals surface area (Å²) in [6, 6.07) is 8.66. The van der Waals surface area contributed by atoms with Crippen molar-refractivity contribution in [3.63, 3.8) is 0 Å². The highest BCUT2D eigenvalue weighted by Crippen LogP contribution is 2.23. The van der Waals surface area contributed by atoms with Crippen LogP contribution >= 0.6 is 23.2 Å². The van der Waals surface area contributed by atoms with Crippen LogP contribution in [0.3, 0.4) is 0 Å². The second-order valence-electron chi connectivity index (χ2n) is 5.87. The summed E-state index contributed by atoms with van der Waals surface area (Å²) in [6.45, 7) is 4.05. The summed E-state index contributed by atoms with van der Waals surface area (Å²) < 4.78 is 0. The van der Waals surface area contributed by atoms with Gasteiger partial charge >= 0.3 is 0 Å². The van der Waals surface area contributed by atoms with E-state index in [1.807, 2.05) is 13.8 Å². The summed E-state index contributed by atoms with van der Waals surface area (Å²) >= 11 is 11.9. The van der Waals surface area contributed by atoms with Crippen molar-refractivity contribution in [3.8, 4) is 0 Å². The van der Waals surface area contributed by atoms with Crippen molar-refractivity contribution in [1.29, 1.82) is 0 Å². The molecule has 0 saturated carbocycles. The highest BCUT2D eigenvalue weighted by molar-refractivity contribution is 6.42. The van der Waals surface area contributed by atoms with Crippen LogP contribution in [0.5, 0.6) is 0 Å². The molecular weight excluding hydrogens is 347 g/mol. The van der Waals surface area contributed by atoms with Crippen molar-refractivity contribution in [2.75, 3.05) is 6.54 Å². The maximum absolute atomic E-state index is 12.6. The Morgan fingerprint density at radius 3 is 2.58 bits per heavy atom. The van der Waals surface area contributed by atoms with Gasteiger partial charge in [0.25, 0.3) is 0 Å². The van der Waals surface area contributed by atoms with Crippen LogP contribution in [0.4, 0.5) is 0 Å². The molecule has 0 aliphatic rings. The SMILES string of the molecule is CC(C)N(CC(O)c1cccnc1)C(=O)Cc1ccc(Cl)c(Cl)c1. The fourth-order valence-electron chi connectivity index (χ4n) is 2.39. The average molecular weight is 367 g/mol. The molecule has 1 N–H and O–H groups in total. The number of benzene rings is 1. The molecule has 0 saturated heterocycles. The highest BCUT2D eigenvalue weighted by atomic mass is 35.5. The molecule has 128 valence electrons. The lowest BCUT2D eigenvalue weighted by Crippen LogP contribution is -2.40. The van der Waals surface area contributed by atoms with Crippen molar-refractivity contribution < 1.29 is 9.90 Å². The first kappa shape index (κ1) is 18.7. The number of aliphatic hydroxyl groups is 1. The monoisotopic (exact) mass is 366 g/mol. The number of nitrogens with zero attached hydrogens (tertiary/aromatic N) is 2. The zero-order valence-corrected chi connectivity index (χ0v) is 15.1. The van der Waals surface area contributed by atoms with Crippen molar-refractivity contribution in [2.24, 2.45) is 0 Å².